The Morgan fingerprint density at radius 1 is 1.56 bits per heavy atom. The molecule has 1 aliphatic rings. The van der Waals surface area contributed by atoms with Crippen molar-refractivity contribution in [3.05, 3.63) is 21.9 Å². The van der Waals surface area contributed by atoms with Crippen LogP contribution in [0.3, 0.4) is 0 Å². The summed E-state index contributed by atoms with van der Waals surface area (Å²) in [5, 5.41) is 12.2. The number of thiophene rings is 1. The second-order valence-electron chi connectivity index (χ2n) is 3.70. The Morgan fingerprint density at radius 2 is 2.33 bits per heavy atom. The fraction of sp³-hybridized carbons (Fsp3) is 0.417. The summed E-state index contributed by atoms with van der Waals surface area (Å²) in [6.07, 6.45) is 0. The molecule has 0 unspecified atom stereocenters. The van der Waals surface area contributed by atoms with E-state index in [1.807, 2.05) is 5.01 Å². The van der Waals surface area contributed by atoms with Crippen molar-refractivity contribution in [1.82, 2.24) is 10.4 Å². The molecular weight excluding hydrogens is 252 g/mol. The third-order valence-electron chi connectivity index (χ3n) is 2.42. The standard InChI is InChI=1S/C12H14N2O3S/c15-5-1-2-11-8-10(9-18-11)12(16)13-14-3-6-17-7-4-14/h8-9,15H,3-7H2,(H,13,16). The number of aliphatic hydroxyl groups excluding tert-OH is 1. The van der Waals surface area contributed by atoms with Gasteiger partial charge in [0.25, 0.3) is 5.91 Å². The van der Waals surface area contributed by atoms with E-state index < -0.39 is 0 Å². The molecule has 2 N–H and O–H groups in total. The van der Waals surface area contributed by atoms with Crippen LogP contribution in [0.15, 0.2) is 11.4 Å². The number of amides is 1. The number of nitrogens with zero attached hydrogens (tertiary/aromatic N) is 1. The molecule has 0 radical (unpaired) electrons. The van der Waals surface area contributed by atoms with Crippen LogP contribution in [0.4, 0.5) is 0 Å². The largest absolute Gasteiger partial charge is 0.384 e. The highest BCUT2D eigenvalue weighted by molar-refractivity contribution is 7.10. The summed E-state index contributed by atoms with van der Waals surface area (Å²) < 4.78 is 5.20. The Labute approximate surface area is 109 Å². The van der Waals surface area contributed by atoms with E-state index in [9.17, 15) is 4.79 Å². The average molecular weight is 266 g/mol. The number of hydrogen-bond donors (Lipinski definition) is 2. The second kappa shape index (κ2) is 6.52. The van der Waals surface area contributed by atoms with Gasteiger partial charge in [-0.15, -0.1) is 11.3 Å². The normalized spacial score (nSPS) is 15.8. The van der Waals surface area contributed by atoms with Crippen molar-refractivity contribution in [3.63, 3.8) is 0 Å². The van der Waals surface area contributed by atoms with Gasteiger partial charge in [0.2, 0.25) is 0 Å². The van der Waals surface area contributed by atoms with E-state index in [4.69, 9.17) is 9.84 Å². The Morgan fingerprint density at radius 3 is 3.06 bits per heavy atom. The van der Waals surface area contributed by atoms with Gasteiger partial charge in [-0.2, -0.15) is 0 Å². The predicted molar refractivity (Wildman–Crippen MR) is 68.1 cm³/mol. The molecule has 0 spiro atoms. The number of ether oxygens (including phenoxy) is 1. The molecule has 0 saturated carbocycles. The third-order valence-corrected chi connectivity index (χ3v) is 3.27. The maximum Gasteiger partial charge on any atom is 0.266 e. The molecule has 1 aromatic rings. The molecule has 1 aromatic heterocycles. The summed E-state index contributed by atoms with van der Waals surface area (Å²) in [4.78, 5) is 12.7. The maximum atomic E-state index is 11.9. The van der Waals surface area contributed by atoms with Crippen LogP contribution in [0, 0.1) is 11.8 Å². The summed E-state index contributed by atoms with van der Waals surface area (Å²) in [5.41, 5.74) is 3.42. The Kier molecular flexibility index (Phi) is 4.73. The second-order valence-corrected chi connectivity index (χ2v) is 4.61. The summed E-state index contributed by atoms with van der Waals surface area (Å²) in [5.74, 6) is 5.20. The first-order valence-electron chi connectivity index (χ1n) is 5.61. The van der Waals surface area contributed by atoms with Crippen molar-refractivity contribution in [1.29, 1.82) is 0 Å². The van der Waals surface area contributed by atoms with Crippen molar-refractivity contribution in [3.8, 4) is 11.8 Å². The van der Waals surface area contributed by atoms with Gasteiger partial charge in [-0.05, 0) is 6.07 Å². The minimum atomic E-state index is -0.173. The number of hydrogen-bond acceptors (Lipinski definition) is 5. The van der Waals surface area contributed by atoms with E-state index in [0.29, 0.717) is 31.9 Å². The van der Waals surface area contributed by atoms with Gasteiger partial charge >= 0.3 is 0 Å². The van der Waals surface area contributed by atoms with Gasteiger partial charge in [0, 0.05) is 18.5 Å². The van der Waals surface area contributed by atoms with Crippen LogP contribution >= 0.6 is 11.3 Å². The van der Waals surface area contributed by atoms with Gasteiger partial charge in [-0.25, -0.2) is 5.01 Å². The SMILES string of the molecule is O=C(NN1CCOCC1)c1csc(C#CCO)c1. The molecule has 96 valence electrons. The smallest absolute Gasteiger partial charge is 0.266 e. The lowest BCUT2D eigenvalue weighted by atomic mass is 10.3. The first-order valence-corrected chi connectivity index (χ1v) is 6.49. The molecule has 0 atom stereocenters. The zero-order valence-corrected chi connectivity index (χ0v) is 10.6. The summed E-state index contributed by atoms with van der Waals surface area (Å²) in [7, 11) is 0. The minimum Gasteiger partial charge on any atom is -0.384 e. The summed E-state index contributed by atoms with van der Waals surface area (Å²) in [6.45, 7) is 2.50. The highest BCUT2D eigenvalue weighted by Crippen LogP contribution is 2.13. The molecule has 0 bridgehead atoms. The van der Waals surface area contributed by atoms with Crippen LogP contribution in [0.25, 0.3) is 0 Å². The van der Waals surface area contributed by atoms with Gasteiger partial charge in [0.1, 0.15) is 6.61 Å². The van der Waals surface area contributed by atoms with Gasteiger partial charge in [0.15, 0.2) is 0 Å². The van der Waals surface area contributed by atoms with E-state index in [1.54, 1.807) is 11.4 Å². The average Bonchev–Trinajstić information content (AvgIpc) is 2.86. The fourth-order valence-electron chi connectivity index (χ4n) is 1.53. The van der Waals surface area contributed by atoms with Gasteiger partial charge in [-0.1, -0.05) is 11.8 Å². The highest BCUT2D eigenvalue weighted by atomic mass is 32.1. The molecule has 18 heavy (non-hydrogen) atoms. The van der Waals surface area contributed by atoms with Crippen LogP contribution < -0.4 is 5.43 Å². The lowest BCUT2D eigenvalue weighted by Crippen LogP contribution is -2.48. The number of rotatable bonds is 2. The number of aliphatic hydroxyl groups is 1. The van der Waals surface area contributed by atoms with E-state index >= 15 is 0 Å². The number of carbonyl (C=O) groups excluding carboxylic acids is 1. The zero-order chi connectivity index (χ0) is 12.8. The topological polar surface area (TPSA) is 61.8 Å². The zero-order valence-electron chi connectivity index (χ0n) is 9.81. The molecular formula is C12H14N2O3S. The predicted octanol–water partition coefficient (Wildman–Crippen LogP) is 0.0689. The summed E-state index contributed by atoms with van der Waals surface area (Å²) >= 11 is 1.39. The van der Waals surface area contributed by atoms with Gasteiger partial charge in [0.05, 0.1) is 23.7 Å². The number of hydrazine groups is 1. The van der Waals surface area contributed by atoms with Crippen molar-refractivity contribution in [2.45, 2.75) is 0 Å². The number of nitrogens with one attached hydrogen (secondary N) is 1. The minimum absolute atomic E-state index is 0.134. The maximum absolute atomic E-state index is 11.9. The van der Waals surface area contributed by atoms with Crippen molar-refractivity contribution in [2.75, 3.05) is 32.9 Å². The highest BCUT2D eigenvalue weighted by Gasteiger charge is 2.15. The molecule has 2 heterocycles. The molecule has 1 fully saturated rings. The Bertz CT molecular complexity index is 469. The lowest BCUT2D eigenvalue weighted by Gasteiger charge is -2.26. The Hall–Kier alpha value is -1.39. The molecule has 0 aromatic carbocycles. The van der Waals surface area contributed by atoms with E-state index in [1.165, 1.54) is 11.3 Å². The molecule has 2 rings (SSSR count). The van der Waals surface area contributed by atoms with Crippen LogP contribution in [0.2, 0.25) is 0 Å². The lowest BCUT2D eigenvalue weighted by molar-refractivity contribution is 0.0126. The molecule has 1 amide bonds. The summed E-state index contributed by atoms with van der Waals surface area (Å²) in [6, 6.07) is 1.73. The molecule has 6 heteroatoms. The number of morpholine rings is 1. The quantitative estimate of drug-likeness (QED) is 0.744. The monoisotopic (exact) mass is 266 g/mol. The van der Waals surface area contributed by atoms with Crippen LogP contribution in [-0.2, 0) is 4.74 Å². The first-order chi connectivity index (χ1) is 8.79. The van der Waals surface area contributed by atoms with E-state index in [2.05, 4.69) is 17.3 Å². The Balaban J connectivity index is 1.93. The van der Waals surface area contributed by atoms with Crippen LogP contribution in [0.1, 0.15) is 15.2 Å². The molecule has 1 aliphatic heterocycles. The van der Waals surface area contributed by atoms with Crippen LogP contribution in [-0.4, -0.2) is 48.9 Å². The first kappa shape index (κ1) is 13.1. The van der Waals surface area contributed by atoms with Gasteiger partial charge < -0.3 is 9.84 Å². The van der Waals surface area contributed by atoms with Crippen molar-refractivity contribution >= 4 is 17.2 Å². The van der Waals surface area contributed by atoms with Crippen molar-refractivity contribution < 1.29 is 14.6 Å². The van der Waals surface area contributed by atoms with E-state index in [-0.39, 0.29) is 12.5 Å². The molecule has 0 aliphatic carbocycles. The van der Waals surface area contributed by atoms with Crippen molar-refractivity contribution in [2.24, 2.45) is 0 Å². The molecule has 1 saturated heterocycles. The van der Waals surface area contributed by atoms with Gasteiger partial charge in [-0.3, -0.25) is 10.2 Å². The fourth-order valence-corrected chi connectivity index (χ4v) is 2.29. The van der Waals surface area contributed by atoms with E-state index in [0.717, 1.165) is 4.88 Å². The molecule has 5 nitrogen and oxygen atoms in total. The number of carbonyl (C=O) groups is 1. The third kappa shape index (κ3) is 3.55. The van der Waals surface area contributed by atoms with Crippen LogP contribution in [0.5, 0.6) is 0 Å².